The van der Waals surface area contributed by atoms with Crippen molar-refractivity contribution < 1.29 is 14.0 Å². The van der Waals surface area contributed by atoms with Gasteiger partial charge >= 0.3 is 0 Å². The molecular weight excluding hydrogens is 387 g/mol. The van der Waals surface area contributed by atoms with Gasteiger partial charge in [-0.15, -0.1) is 11.3 Å². The highest BCUT2D eigenvalue weighted by molar-refractivity contribution is 7.22. The average Bonchev–Trinajstić information content (AvgIpc) is 3.12. The predicted molar refractivity (Wildman–Crippen MR) is 115 cm³/mol. The van der Waals surface area contributed by atoms with E-state index < -0.39 is 5.91 Å². The molecule has 0 radical (unpaired) electrons. The second-order valence-corrected chi connectivity index (χ2v) is 7.60. The molecule has 0 atom stereocenters. The van der Waals surface area contributed by atoms with Crippen LogP contribution in [-0.4, -0.2) is 18.9 Å². The van der Waals surface area contributed by atoms with Crippen molar-refractivity contribution in [3.63, 3.8) is 0 Å². The van der Waals surface area contributed by atoms with E-state index in [0.29, 0.717) is 11.1 Å². The zero-order chi connectivity index (χ0) is 20.5. The number of nitrogens with two attached hydrogens (primary N) is 1. The molecule has 0 aliphatic rings. The molecule has 4 nitrogen and oxygen atoms in total. The van der Waals surface area contributed by atoms with E-state index in [9.17, 15) is 14.0 Å². The Morgan fingerprint density at radius 1 is 0.931 bits per heavy atom. The van der Waals surface area contributed by atoms with Crippen molar-refractivity contribution in [2.75, 3.05) is 7.05 Å². The van der Waals surface area contributed by atoms with Crippen LogP contribution < -0.4 is 11.1 Å². The summed E-state index contributed by atoms with van der Waals surface area (Å²) in [6.07, 6.45) is 0. The van der Waals surface area contributed by atoms with Gasteiger partial charge in [0.15, 0.2) is 0 Å². The van der Waals surface area contributed by atoms with Crippen LogP contribution in [0.15, 0.2) is 66.7 Å². The van der Waals surface area contributed by atoms with Crippen LogP contribution in [0.1, 0.15) is 20.7 Å². The molecule has 29 heavy (non-hydrogen) atoms. The third kappa shape index (κ3) is 3.50. The van der Waals surface area contributed by atoms with Crippen molar-refractivity contribution in [1.82, 2.24) is 5.32 Å². The fourth-order valence-electron chi connectivity index (χ4n) is 3.28. The van der Waals surface area contributed by atoms with Crippen molar-refractivity contribution in [3.05, 3.63) is 83.7 Å². The van der Waals surface area contributed by atoms with E-state index in [2.05, 4.69) is 5.32 Å². The molecule has 0 fully saturated rings. The van der Waals surface area contributed by atoms with Crippen molar-refractivity contribution >= 4 is 33.2 Å². The lowest BCUT2D eigenvalue weighted by molar-refractivity contribution is 0.0964. The summed E-state index contributed by atoms with van der Waals surface area (Å²) in [5, 5.41) is 3.50. The largest absolute Gasteiger partial charge is 0.366 e. The first-order chi connectivity index (χ1) is 14.0. The van der Waals surface area contributed by atoms with Gasteiger partial charge in [-0.3, -0.25) is 9.59 Å². The number of primary amides is 1. The number of fused-ring (bicyclic) bond motifs is 1. The number of carbonyl (C=O) groups excluding carboxylic acids is 2. The maximum absolute atomic E-state index is 13.4. The van der Waals surface area contributed by atoms with E-state index in [1.54, 1.807) is 37.4 Å². The van der Waals surface area contributed by atoms with E-state index in [4.69, 9.17) is 5.73 Å². The smallest absolute Gasteiger partial charge is 0.253 e. The number of hydrogen-bond donors (Lipinski definition) is 2. The Morgan fingerprint density at radius 2 is 1.62 bits per heavy atom. The number of carbonyl (C=O) groups is 2. The highest BCUT2D eigenvalue weighted by Gasteiger charge is 2.20. The highest BCUT2D eigenvalue weighted by atomic mass is 32.1. The van der Waals surface area contributed by atoms with Gasteiger partial charge in [0.05, 0.1) is 5.56 Å². The summed E-state index contributed by atoms with van der Waals surface area (Å²) in [6, 6.07) is 19.0. The number of nitrogens with one attached hydrogen (secondary N) is 1. The zero-order valence-electron chi connectivity index (χ0n) is 15.5. The highest BCUT2D eigenvalue weighted by Crippen LogP contribution is 2.40. The fraction of sp³-hybridized carbons (Fsp3) is 0.0435. The molecule has 1 aromatic heterocycles. The van der Waals surface area contributed by atoms with Crippen molar-refractivity contribution in [2.24, 2.45) is 5.73 Å². The van der Waals surface area contributed by atoms with Gasteiger partial charge in [0.2, 0.25) is 5.91 Å². The molecule has 3 aromatic carbocycles. The van der Waals surface area contributed by atoms with Crippen LogP contribution >= 0.6 is 11.3 Å². The Kier molecular flexibility index (Phi) is 4.86. The Hall–Kier alpha value is -3.51. The zero-order valence-corrected chi connectivity index (χ0v) is 16.3. The average molecular weight is 404 g/mol. The van der Waals surface area contributed by atoms with Crippen molar-refractivity contribution in [3.8, 4) is 21.6 Å². The normalized spacial score (nSPS) is 10.8. The van der Waals surface area contributed by atoms with Crippen LogP contribution in [0, 0.1) is 5.82 Å². The molecule has 2 amide bonds. The van der Waals surface area contributed by atoms with Gasteiger partial charge in [-0.2, -0.15) is 0 Å². The molecule has 144 valence electrons. The van der Waals surface area contributed by atoms with E-state index in [1.165, 1.54) is 23.5 Å². The maximum atomic E-state index is 13.4. The second-order valence-electron chi connectivity index (χ2n) is 6.55. The van der Waals surface area contributed by atoms with Crippen LogP contribution in [0.5, 0.6) is 0 Å². The molecule has 0 bridgehead atoms. The Labute approximate surface area is 170 Å². The minimum absolute atomic E-state index is 0.210. The summed E-state index contributed by atoms with van der Waals surface area (Å²) >= 11 is 1.48. The van der Waals surface area contributed by atoms with Crippen molar-refractivity contribution in [2.45, 2.75) is 0 Å². The number of amides is 2. The number of thiophene rings is 1. The summed E-state index contributed by atoms with van der Waals surface area (Å²) in [4.78, 5) is 25.0. The monoisotopic (exact) mass is 404 g/mol. The number of halogens is 1. The molecule has 1 heterocycles. The topological polar surface area (TPSA) is 72.2 Å². The summed E-state index contributed by atoms with van der Waals surface area (Å²) in [5.74, 6) is -1.03. The Bertz CT molecular complexity index is 1250. The third-order valence-corrected chi connectivity index (χ3v) is 5.95. The van der Waals surface area contributed by atoms with E-state index in [-0.39, 0.29) is 11.7 Å². The standard InChI is InChI=1S/C23H17FN2O2S/c1-26-23(28)20-18-12-15(14-3-2-4-16(11-14)22(25)27)7-10-19(18)29-21(20)13-5-8-17(24)9-6-13/h2-12H,1H3,(H2,25,27)(H,26,28). The van der Waals surface area contributed by atoms with Gasteiger partial charge < -0.3 is 11.1 Å². The molecule has 4 rings (SSSR count). The summed E-state index contributed by atoms with van der Waals surface area (Å²) in [5.41, 5.74) is 8.85. The number of rotatable bonds is 4. The van der Waals surface area contributed by atoms with Gasteiger partial charge in [0.1, 0.15) is 5.82 Å². The molecular formula is C23H17FN2O2S. The van der Waals surface area contributed by atoms with Crippen LogP contribution in [0.25, 0.3) is 31.7 Å². The Balaban J connectivity index is 1.92. The SMILES string of the molecule is CNC(=O)c1c(-c2ccc(F)cc2)sc2ccc(-c3cccc(C(N)=O)c3)cc12. The Morgan fingerprint density at radius 3 is 2.31 bits per heavy atom. The van der Waals surface area contributed by atoms with Gasteiger partial charge in [-0.05, 0) is 53.1 Å². The fourth-order valence-corrected chi connectivity index (χ4v) is 4.47. The lowest BCUT2D eigenvalue weighted by atomic mass is 9.99. The first kappa shape index (κ1) is 18.8. The van der Waals surface area contributed by atoms with Crippen LogP contribution in [0.3, 0.4) is 0 Å². The van der Waals surface area contributed by atoms with E-state index in [1.807, 2.05) is 24.3 Å². The van der Waals surface area contributed by atoms with Gasteiger partial charge in [-0.1, -0.05) is 30.3 Å². The number of benzene rings is 3. The molecule has 0 saturated heterocycles. The minimum atomic E-state index is -0.492. The first-order valence-electron chi connectivity index (χ1n) is 8.92. The predicted octanol–water partition coefficient (Wildman–Crippen LogP) is 4.83. The maximum Gasteiger partial charge on any atom is 0.253 e. The quantitative estimate of drug-likeness (QED) is 0.511. The number of hydrogen-bond acceptors (Lipinski definition) is 3. The molecule has 0 spiro atoms. The minimum Gasteiger partial charge on any atom is -0.366 e. The van der Waals surface area contributed by atoms with E-state index >= 15 is 0 Å². The van der Waals surface area contributed by atoms with Gasteiger partial charge in [0, 0.05) is 27.6 Å². The molecule has 4 aromatic rings. The van der Waals surface area contributed by atoms with Crippen LogP contribution in [0.2, 0.25) is 0 Å². The van der Waals surface area contributed by atoms with Gasteiger partial charge in [-0.25, -0.2) is 4.39 Å². The lowest BCUT2D eigenvalue weighted by Crippen LogP contribution is -2.18. The molecule has 3 N–H and O–H groups in total. The molecule has 0 aliphatic carbocycles. The molecule has 0 saturated carbocycles. The second kappa shape index (κ2) is 7.48. The first-order valence-corrected chi connectivity index (χ1v) is 9.74. The summed E-state index contributed by atoms with van der Waals surface area (Å²) < 4.78 is 14.3. The lowest BCUT2D eigenvalue weighted by Gasteiger charge is -2.06. The molecule has 0 aliphatic heterocycles. The van der Waals surface area contributed by atoms with Crippen molar-refractivity contribution in [1.29, 1.82) is 0 Å². The molecule has 6 heteroatoms. The summed E-state index contributed by atoms with van der Waals surface area (Å²) in [6.45, 7) is 0. The third-order valence-electron chi connectivity index (χ3n) is 4.73. The van der Waals surface area contributed by atoms with Crippen LogP contribution in [-0.2, 0) is 0 Å². The van der Waals surface area contributed by atoms with E-state index in [0.717, 1.165) is 31.7 Å². The van der Waals surface area contributed by atoms with Gasteiger partial charge in [0.25, 0.3) is 5.91 Å². The van der Waals surface area contributed by atoms with Crippen LogP contribution in [0.4, 0.5) is 4.39 Å². The molecule has 0 unspecified atom stereocenters. The summed E-state index contributed by atoms with van der Waals surface area (Å²) in [7, 11) is 1.58.